The van der Waals surface area contributed by atoms with E-state index < -0.39 is 34.7 Å². The Morgan fingerprint density at radius 3 is 2.25 bits per heavy atom. The van der Waals surface area contributed by atoms with Crippen LogP contribution in [0.3, 0.4) is 0 Å². The third-order valence-electron chi connectivity index (χ3n) is 2.57. The normalized spacial score (nSPS) is 12.1. The molecule has 1 rings (SSSR count). The Balaban J connectivity index is 3.21. The Labute approximate surface area is 121 Å². The molecular formula is C12H12BrF3N2O2. The summed E-state index contributed by atoms with van der Waals surface area (Å²) in [5.41, 5.74) is 1.94. The number of carbonyl (C=O) groups is 2. The Morgan fingerprint density at radius 2 is 1.80 bits per heavy atom. The summed E-state index contributed by atoms with van der Waals surface area (Å²) in [5, 5.41) is 2.18. The van der Waals surface area contributed by atoms with Gasteiger partial charge in [0.1, 0.15) is 5.54 Å². The van der Waals surface area contributed by atoms with Gasteiger partial charge in [-0.05, 0) is 32.0 Å². The predicted octanol–water partition coefficient (Wildman–Crippen LogP) is 2.46. The summed E-state index contributed by atoms with van der Waals surface area (Å²) in [6, 6.07) is 3.13. The van der Waals surface area contributed by atoms with E-state index in [1.165, 1.54) is 19.9 Å². The highest BCUT2D eigenvalue weighted by molar-refractivity contribution is 9.10. The van der Waals surface area contributed by atoms with E-state index in [1.807, 2.05) is 0 Å². The van der Waals surface area contributed by atoms with E-state index in [1.54, 1.807) is 0 Å². The van der Waals surface area contributed by atoms with Gasteiger partial charge < -0.3 is 11.1 Å². The number of carbonyl (C=O) groups excluding carboxylic acids is 2. The maximum atomic E-state index is 12.9. The van der Waals surface area contributed by atoms with Crippen molar-refractivity contribution < 1.29 is 22.8 Å². The van der Waals surface area contributed by atoms with E-state index in [0.717, 1.165) is 12.1 Å². The lowest BCUT2D eigenvalue weighted by Crippen LogP contribution is -2.53. The molecule has 2 amide bonds. The molecule has 0 saturated heterocycles. The fourth-order valence-electron chi connectivity index (χ4n) is 1.36. The average Bonchev–Trinajstić information content (AvgIpc) is 2.26. The first-order valence-corrected chi connectivity index (χ1v) is 6.23. The van der Waals surface area contributed by atoms with E-state index in [9.17, 15) is 22.8 Å². The molecule has 3 N–H and O–H groups in total. The molecule has 0 atom stereocenters. The van der Waals surface area contributed by atoms with Gasteiger partial charge in [0, 0.05) is 4.47 Å². The first-order chi connectivity index (χ1) is 8.95. The summed E-state index contributed by atoms with van der Waals surface area (Å²) < 4.78 is 38.9. The van der Waals surface area contributed by atoms with Crippen LogP contribution in [0.4, 0.5) is 13.2 Å². The van der Waals surface area contributed by atoms with Crippen LogP contribution in [0, 0.1) is 0 Å². The molecule has 8 heteroatoms. The molecule has 0 aliphatic carbocycles. The largest absolute Gasteiger partial charge is 0.417 e. The lowest BCUT2D eigenvalue weighted by molar-refractivity contribution is -0.138. The number of halogens is 4. The average molecular weight is 353 g/mol. The molecular weight excluding hydrogens is 341 g/mol. The number of alkyl halides is 3. The van der Waals surface area contributed by atoms with Crippen molar-refractivity contribution in [3.8, 4) is 0 Å². The zero-order chi connectivity index (χ0) is 15.7. The highest BCUT2D eigenvalue weighted by Gasteiger charge is 2.37. The van der Waals surface area contributed by atoms with Crippen LogP contribution in [0.2, 0.25) is 0 Å². The van der Waals surface area contributed by atoms with Crippen molar-refractivity contribution in [1.82, 2.24) is 5.32 Å². The van der Waals surface area contributed by atoms with Crippen LogP contribution in [0.1, 0.15) is 29.8 Å². The van der Waals surface area contributed by atoms with Gasteiger partial charge in [0.05, 0.1) is 11.1 Å². The summed E-state index contributed by atoms with van der Waals surface area (Å²) in [6.45, 7) is 2.61. The number of hydrogen-bond donors (Lipinski definition) is 2. The van der Waals surface area contributed by atoms with E-state index in [0.29, 0.717) is 0 Å². The smallest absolute Gasteiger partial charge is 0.368 e. The van der Waals surface area contributed by atoms with Crippen LogP contribution in [0.15, 0.2) is 22.7 Å². The SMILES string of the molecule is CC(C)(NC(=O)c1ccc(Br)cc1C(F)(F)F)C(N)=O. The van der Waals surface area contributed by atoms with Crippen LogP contribution in [-0.2, 0) is 11.0 Å². The van der Waals surface area contributed by atoms with Gasteiger partial charge in [-0.2, -0.15) is 13.2 Å². The molecule has 0 saturated carbocycles. The van der Waals surface area contributed by atoms with Crippen molar-refractivity contribution >= 4 is 27.7 Å². The van der Waals surface area contributed by atoms with Gasteiger partial charge in [0.25, 0.3) is 5.91 Å². The molecule has 0 spiro atoms. The van der Waals surface area contributed by atoms with E-state index in [4.69, 9.17) is 5.73 Å². The van der Waals surface area contributed by atoms with Gasteiger partial charge in [-0.25, -0.2) is 0 Å². The van der Waals surface area contributed by atoms with Crippen molar-refractivity contribution in [3.05, 3.63) is 33.8 Å². The molecule has 0 fully saturated rings. The highest BCUT2D eigenvalue weighted by atomic mass is 79.9. The molecule has 0 heterocycles. The van der Waals surface area contributed by atoms with Crippen molar-refractivity contribution in [3.63, 3.8) is 0 Å². The first-order valence-electron chi connectivity index (χ1n) is 5.44. The lowest BCUT2D eigenvalue weighted by atomic mass is 10.0. The molecule has 1 aromatic carbocycles. The lowest BCUT2D eigenvalue weighted by Gasteiger charge is -2.23. The molecule has 1 aromatic rings. The second-order valence-corrected chi connectivity index (χ2v) is 5.55. The first kappa shape index (κ1) is 16.5. The predicted molar refractivity (Wildman–Crippen MR) is 69.9 cm³/mol. The second-order valence-electron chi connectivity index (χ2n) is 4.63. The van der Waals surface area contributed by atoms with Crippen LogP contribution in [0.5, 0.6) is 0 Å². The quantitative estimate of drug-likeness (QED) is 0.876. The molecule has 0 aliphatic heterocycles. The van der Waals surface area contributed by atoms with E-state index >= 15 is 0 Å². The topological polar surface area (TPSA) is 72.2 Å². The summed E-state index contributed by atoms with van der Waals surface area (Å²) in [7, 11) is 0. The van der Waals surface area contributed by atoms with Crippen molar-refractivity contribution in [2.75, 3.05) is 0 Å². The van der Waals surface area contributed by atoms with E-state index in [2.05, 4.69) is 21.2 Å². The second kappa shape index (κ2) is 5.43. The Hall–Kier alpha value is -1.57. The zero-order valence-corrected chi connectivity index (χ0v) is 12.2. The van der Waals surface area contributed by atoms with Gasteiger partial charge in [0.2, 0.25) is 5.91 Å². The van der Waals surface area contributed by atoms with Crippen molar-refractivity contribution in [2.45, 2.75) is 25.6 Å². The molecule has 20 heavy (non-hydrogen) atoms. The summed E-state index contributed by atoms with van der Waals surface area (Å²) >= 11 is 2.92. The van der Waals surface area contributed by atoms with Crippen LogP contribution in [0.25, 0.3) is 0 Å². The minimum Gasteiger partial charge on any atom is -0.368 e. The number of nitrogens with one attached hydrogen (secondary N) is 1. The minimum absolute atomic E-state index is 0.190. The minimum atomic E-state index is -4.69. The fourth-order valence-corrected chi connectivity index (χ4v) is 1.72. The number of amides is 2. The summed E-state index contributed by atoms with van der Waals surface area (Å²) in [5.74, 6) is -1.87. The summed E-state index contributed by atoms with van der Waals surface area (Å²) in [4.78, 5) is 23.0. The van der Waals surface area contributed by atoms with Gasteiger partial charge in [-0.1, -0.05) is 15.9 Å². The maximum Gasteiger partial charge on any atom is 0.417 e. The Morgan fingerprint density at radius 1 is 1.25 bits per heavy atom. The number of nitrogens with two attached hydrogens (primary N) is 1. The molecule has 110 valence electrons. The zero-order valence-electron chi connectivity index (χ0n) is 10.6. The van der Waals surface area contributed by atoms with Crippen LogP contribution >= 0.6 is 15.9 Å². The fraction of sp³-hybridized carbons (Fsp3) is 0.333. The molecule has 0 aromatic heterocycles. The molecule has 0 bridgehead atoms. The van der Waals surface area contributed by atoms with Gasteiger partial charge >= 0.3 is 6.18 Å². The van der Waals surface area contributed by atoms with Crippen molar-refractivity contribution in [1.29, 1.82) is 0 Å². The highest BCUT2D eigenvalue weighted by Crippen LogP contribution is 2.34. The standard InChI is InChI=1S/C12H12BrF3N2O2/c1-11(2,10(17)20)18-9(19)7-4-3-6(13)5-8(7)12(14,15)16/h3-5H,1-2H3,(H2,17,20)(H,18,19). The number of hydrogen-bond acceptors (Lipinski definition) is 2. The Bertz CT molecular complexity index is 556. The summed E-state index contributed by atoms with van der Waals surface area (Å²) in [6.07, 6.45) is -4.69. The molecule has 4 nitrogen and oxygen atoms in total. The van der Waals surface area contributed by atoms with Crippen LogP contribution < -0.4 is 11.1 Å². The number of primary amides is 1. The third kappa shape index (κ3) is 3.72. The third-order valence-corrected chi connectivity index (χ3v) is 3.07. The number of rotatable bonds is 3. The molecule has 0 unspecified atom stereocenters. The van der Waals surface area contributed by atoms with Gasteiger partial charge in [-0.15, -0.1) is 0 Å². The molecule has 0 aliphatic rings. The molecule has 0 radical (unpaired) electrons. The number of benzene rings is 1. The van der Waals surface area contributed by atoms with Crippen LogP contribution in [-0.4, -0.2) is 17.4 Å². The van der Waals surface area contributed by atoms with Gasteiger partial charge in [-0.3, -0.25) is 9.59 Å². The Kier molecular flexibility index (Phi) is 4.48. The monoisotopic (exact) mass is 352 g/mol. The van der Waals surface area contributed by atoms with Gasteiger partial charge in [0.15, 0.2) is 0 Å². The van der Waals surface area contributed by atoms with E-state index in [-0.39, 0.29) is 4.47 Å². The van der Waals surface area contributed by atoms with Crippen molar-refractivity contribution in [2.24, 2.45) is 5.73 Å². The maximum absolute atomic E-state index is 12.9.